The molecule has 0 radical (unpaired) electrons. The third-order valence-corrected chi connectivity index (χ3v) is 2.61. The van der Waals surface area contributed by atoms with E-state index in [2.05, 4.69) is 35.1 Å². The zero-order chi connectivity index (χ0) is 9.97. The molecule has 0 aliphatic rings. The van der Waals surface area contributed by atoms with E-state index in [-0.39, 0.29) is 0 Å². The Morgan fingerprint density at radius 2 is 2.29 bits per heavy atom. The molecule has 2 aromatic rings. The fourth-order valence-corrected chi connectivity index (χ4v) is 1.49. The molecule has 0 saturated carbocycles. The Kier molecular flexibility index (Phi) is 2.48. The Morgan fingerprint density at radius 1 is 1.43 bits per heavy atom. The van der Waals surface area contributed by atoms with E-state index in [1.165, 1.54) is 6.42 Å². The fraction of sp³-hybridized carbons (Fsp3) is 0.455. The summed E-state index contributed by atoms with van der Waals surface area (Å²) in [6.45, 7) is 4.46. The maximum absolute atomic E-state index is 4.53. The van der Waals surface area contributed by atoms with E-state index in [4.69, 9.17) is 0 Å². The number of aromatic nitrogens is 3. The number of H-pyrrole nitrogens is 1. The molecule has 0 aliphatic carbocycles. The van der Waals surface area contributed by atoms with Crippen molar-refractivity contribution in [3.8, 4) is 0 Å². The molecule has 0 amide bonds. The molecule has 0 aromatic carbocycles. The zero-order valence-electron chi connectivity index (χ0n) is 8.62. The van der Waals surface area contributed by atoms with Crippen LogP contribution in [0.25, 0.3) is 11.0 Å². The highest BCUT2D eigenvalue weighted by atomic mass is 15.1. The maximum atomic E-state index is 4.53. The highest BCUT2D eigenvalue weighted by Crippen LogP contribution is 2.13. The first-order valence-electron chi connectivity index (χ1n) is 5.08. The van der Waals surface area contributed by atoms with Gasteiger partial charge < -0.3 is 0 Å². The molecule has 0 bridgehead atoms. The maximum Gasteiger partial charge on any atom is 0.108 e. The molecule has 1 unspecified atom stereocenters. The van der Waals surface area contributed by atoms with E-state index in [9.17, 15) is 0 Å². The number of pyridine rings is 1. The number of aromatic amines is 1. The van der Waals surface area contributed by atoms with Crippen LogP contribution in [0.15, 0.2) is 18.3 Å². The number of rotatable bonds is 3. The standard InChI is InChI=1S/C11H15N3/c1-3-8(2)6-9-4-5-10-11(13-9)7-12-14-10/h4-5,7-8H,3,6H2,1-2H3,(H,12,14). The predicted octanol–water partition coefficient (Wildman–Crippen LogP) is 2.55. The van der Waals surface area contributed by atoms with Gasteiger partial charge in [-0.1, -0.05) is 20.3 Å². The first-order chi connectivity index (χ1) is 6.79. The van der Waals surface area contributed by atoms with Gasteiger partial charge in [0.05, 0.1) is 11.7 Å². The van der Waals surface area contributed by atoms with Gasteiger partial charge in [0, 0.05) is 5.69 Å². The van der Waals surface area contributed by atoms with Gasteiger partial charge in [-0.25, -0.2) is 4.98 Å². The number of hydrogen-bond acceptors (Lipinski definition) is 2. The molecule has 1 atom stereocenters. The van der Waals surface area contributed by atoms with Crippen LogP contribution < -0.4 is 0 Å². The van der Waals surface area contributed by atoms with Crippen molar-refractivity contribution in [3.63, 3.8) is 0 Å². The molecular formula is C11H15N3. The summed E-state index contributed by atoms with van der Waals surface area (Å²) in [5, 5.41) is 6.86. The molecule has 74 valence electrons. The van der Waals surface area contributed by atoms with E-state index in [0.717, 1.165) is 23.1 Å². The van der Waals surface area contributed by atoms with E-state index in [1.54, 1.807) is 6.20 Å². The summed E-state index contributed by atoms with van der Waals surface area (Å²) < 4.78 is 0. The number of nitrogens with one attached hydrogen (secondary N) is 1. The average Bonchev–Trinajstić information content (AvgIpc) is 2.64. The molecule has 0 spiro atoms. The van der Waals surface area contributed by atoms with Gasteiger partial charge in [0.15, 0.2) is 0 Å². The largest absolute Gasteiger partial charge is 0.276 e. The zero-order valence-corrected chi connectivity index (χ0v) is 8.62. The van der Waals surface area contributed by atoms with Crippen LogP contribution in [0.4, 0.5) is 0 Å². The fourth-order valence-electron chi connectivity index (χ4n) is 1.49. The highest BCUT2D eigenvalue weighted by Gasteiger charge is 2.03. The molecule has 1 N–H and O–H groups in total. The van der Waals surface area contributed by atoms with Gasteiger partial charge in [0.2, 0.25) is 0 Å². The molecule has 0 saturated heterocycles. The van der Waals surface area contributed by atoms with Gasteiger partial charge in [0.25, 0.3) is 0 Å². The third kappa shape index (κ3) is 1.76. The summed E-state index contributed by atoms with van der Waals surface area (Å²) in [4.78, 5) is 4.53. The normalized spacial score (nSPS) is 13.3. The van der Waals surface area contributed by atoms with Crippen molar-refractivity contribution in [2.24, 2.45) is 5.92 Å². The van der Waals surface area contributed by atoms with Crippen molar-refractivity contribution in [2.75, 3.05) is 0 Å². The topological polar surface area (TPSA) is 41.6 Å². The summed E-state index contributed by atoms with van der Waals surface area (Å²) in [5.41, 5.74) is 3.14. The van der Waals surface area contributed by atoms with Crippen LogP contribution in [0.5, 0.6) is 0 Å². The minimum absolute atomic E-state index is 0.701. The van der Waals surface area contributed by atoms with Crippen molar-refractivity contribution in [2.45, 2.75) is 26.7 Å². The van der Waals surface area contributed by atoms with Crippen LogP contribution in [0, 0.1) is 5.92 Å². The second-order valence-corrected chi connectivity index (χ2v) is 3.82. The van der Waals surface area contributed by atoms with Gasteiger partial charge in [-0.3, -0.25) is 5.10 Å². The molecule has 14 heavy (non-hydrogen) atoms. The van der Waals surface area contributed by atoms with Crippen LogP contribution in [-0.4, -0.2) is 15.2 Å². The monoisotopic (exact) mass is 189 g/mol. The van der Waals surface area contributed by atoms with E-state index in [0.29, 0.717) is 5.92 Å². The lowest BCUT2D eigenvalue weighted by Crippen LogP contribution is -1.99. The lowest BCUT2D eigenvalue weighted by Gasteiger charge is -2.06. The summed E-state index contributed by atoms with van der Waals surface area (Å²) in [5.74, 6) is 0.701. The van der Waals surface area contributed by atoms with Crippen LogP contribution in [0.3, 0.4) is 0 Å². The minimum Gasteiger partial charge on any atom is -0.276 e. The molecule has 2 aromatic heterocycles. The molecular weight excluding hydrogens is 174 g/mol. The highest BCUT2D eigenvalue weighted by molar-refractivity contribution is 5.72. The van der Waals surface area contributed by atoms with E-state index >= 15 is 0 Å². The SMILES string of the molecule is CCC(C)Cc1ccc2[nH]ncc2n1. The number of nitrogens with zero attached hydrogens (tertiary/aromatic N) is 2. The quantitative estimate of drug-likeness (QED) is 0.806. The minimum atomic E-state index is 0.701. The summed E-state index contributed by atoms with van der Waals surface area (Å²) >= 11 is 0. The van der Waals surface area contributed by atoms with Crippen molar-refractivity contribution >= 4 is 11.0 Å². The molecule has 0 aliphatic heterocycles. The molecule has 0 fully saturated rings. The molecule has 2 heterocycles. The Balaban J connectivity index is 2.25. The summed E-state index contributed by atoms with van der Waals surface area (Å²) in [6, 6.07) is 4.12. The van der Waals surface area contributed by atoms with E-state index in [1.807, 2.05) is 6.07 Å². The second kappa shape index (κ2) is 3.78. The van der Waals surface area contributed by atoms with Crippen molar-refractivity contribution in [1.82, 2.24) is 15.2 Å². The van der Waals surface area contributed by atoms with Crippen molar-refractivity contribution in [3.05, 3.63) is 24.0 Å². The average molecular weight is 189 g/mol. The van der Waals surface area contributed by atoms with E-state index < -0.39 is 0 Å². The van der Waals surface area contributed by atoms with Crippen LogP contribution in [0.1, 0.15) is 26.0 Å². The second-order valence-electron chi connectivity index (χ2n) is 3.82. The number of hydrogen-bond donors (Lipinski definition) is 1. The Morgan fingerprint density at radius 3 is 3.07 bits per heavy atom. The molecule has 2 rings (SSSR count). The summed E-state index contributed by atoms with van der Waals surface area (Å²) in [6.07, 6.45) is 4.03. The predicted molar refractivity (Wildman–Crippen MR) is 57.0 cm³/mol. The van der Waals surface area contributed by atoms with Gasteiger partial charge in [-0.2, -0.15) is 5.10 Å². The lowest BCUT2D eigenvalue weighted by molar-refractivity contribution is 0.553. The Hall–Kier alpha value is -1.38. The molecule has 3 nitrogen and oxygen atoms in total. The van der Waals surface area contributed by atoms with Gasteiger partial charge >= 0.3 is 0 Å². The first-order valence-corrected chi connectivity index (χ1v) is 5.08. The number of fused-ring (bicyclic) bond motifs is 1. The van der Waals surface area contributed by atoms with Gasteiger partial charge in [0.1, 0.15) is 5.52 Å². The van der Waals surface area contributed by atoms with Gasteiger partial charge in [-0.15, -0.1) is 0 Å². The molecule has 3 heteroatoms. The van der Waals surface area contributed by atoms with Crippen LogP contribution >= 0.6 is 0 Å². The smallest absolute Gasteiger partial charge is 0.108 e. The van der Waals surface area contributed by atoms with Crippen molar-refractivity contribution < 1.29 is 0 Å². The first kappa shape index (κ1) is 9.19. The lowest BCUT2D eigenvalue weighted by atomic mass is 10.0. The van der Waals surface area contributed by atoms with Gasteiger partial charge in [-0.05, 0) is 24.5 Å². The Bertz CT molecular complexity index is 419. The third-order valence-electron chi connectivity index (χ3n) is 2.61. The van der Waals surface area contributed by atoms with Crippen molar-refractivity contribution in [1.29, 1.82) is 0 Å². The van der Waals surface area contributed by atoms with Crippen LogP contribution in [0.2, 0.25) is 0 Å². The Labute approximate surface area is 83.6 Å². The summed E-state index contributed by atoms with van der Waals surface area (Å²) in [7, 11) is 0. The van der Waals surface area contributed by atoms with Crippen LogP contribution in [-0.2, 0) is 6.42 Å².